The van der Waals surface area contributed by atoms with Crippen molar-refractivity contribution >= 4 is 11.6 Å². The summed E-state index contributed by atoms with van der Waals surface area (Å²) in [5.74, 6) is -0.606. The molecule has 4 aromatic carbocycles. The van der Waals surface area contributed by atoms with Crippen LogP contribution < -0.4 is 4.90 Å². The van der Waals surface area contributed by atoms with Crippen LogP contribution in [0.2, 0.25) is 0 Å². The van der Waals surface area contributed by atoms with Crippen molar-refractivity contribution in [3.63, 3.8) is 0 Å². The van der Waals surface area contributed by atoms with Crippen molar-refractivity contribution in [2.75, 3.05) is 4.90 Å². The van der Waals surface area contributed by atoms with Gasteiger partial charge in [0.1, 0.15) is 17.3 Å². The monoisotopic (exact) mass is 511 g/mol. The molecular weight excluding hydrogens is 481 g/mol. The van der Waals surface area contributed by atoms with E-state index in [1.807, 2.05) is 54.6 Å². The summed E-state index contributed by atoms with van der Waals surface area (Å²) < 4.78 is 13.2. The first kappa shape index (κ1) is 25.5. The zero-order valence-electron chi connectivity index (χ0n) is 20.9. The number of anilines is 1. The van der Waals surface area contributed by atoms with Crippen molar-refractivity contribution in [2.45, 2.75) is 37.8 Å². The zero-order valence-corrected chi connectivity index (χ0v) is 20.9. The first-order chi connectivity index (χ1) is 18.4. The fraction of sp³-hybridized carbons (Fsp3) is 0.219. The average Bonchev–Trinajstić information content (AvgIpc) is 3.25. The third-order valence-electron chi connectivity index (χ3n) is 7.32. The summed E-state index contributed by atoms with van der Waals surface area (Å²) in [6.45, 7) is 0. The Morgan fingerprint density at radius 2 is 1.55 bits per heavy atom. The Morgan fingerprint density at radius 1 is 0.868 bits per heavy atom. The highest BCUT2D eigenvalue weighted by molar-refractivity contribution is 5.97. The summed E-state index contributed by atoms with van der Waals surface area (Å²) in [4.78, 5) is 15.1. The molecule has 0 aromatic heterocycles. The third-order valence-corrected chi connectivity index (χ3v) is 7.32. The first-order valence-electron chi connectivity index (χ1n) is 12.8. The second-order valence-electron chi connectivity index (χ2n) is 9.83. The van der Waals surface area contributed by atoms with Crippen LogP contribution in [-0.2, 0) is 4.79 Å². The Kier molecular flexibility index (Phi) is 7.43. The molecule has 0 bridgehead atoms. The molecule has 1 aliphatic rings. The summed E-state index contributed by atoms with van der Waals surface area (Å²) in [6, 6.07) is 27.7. The van der Waals surface area contributed by atoms with E-state index in [0.29, 0.717) is 36.8 Å². The van der Waals surface area contributed by atoms with E-state index in [9.17, 15) is 24.5 Å². The number of amides is 1. The van der Waals surface area contributed by atoms with Crippen LogP contribution in [0.1, 0.15) is 49.0 Å². The van der Waals surface area contributed by atoms with Gasteiger partial charge in [-0.05, 0) is 71.8 Å². The molecule has 5 rings (SSSR count). The minimum atomic E-state index is -0.727. The molecule has 6 heteroatoms. The number of rotatable bonds is 8. The van der Waals surface area contributed by atoms with E-state index >= 15 is 0 Å². The number of aliphatic hydroxyl groups is 1. The molecule has 0 radical (unpaired) electrons. The first-order valence-corrected chi connectivity index (χ1v) is 12.8. The molecule has 38 heavy (non-hydrogen) atoms. The SMILES string of the molecule is O=C1C[C@@H](CCC[C@@H](O)c2ccc(F)cc2)[C@@H](c2ccc(O)cc2O)N1c1ccc(-c2ccccc2)cc1. The van der Waals surface area contributed by atoms with E-state index in [1.165, 1.54) is 24.3 Å². The van der Waals surface area contributed by atoms with Crippen molar-refractivity contribution in [2.24, 2.45) is 5.92 Å². The lowest BCUT2D eigenvalue weighted by atomic mass is 9.87. The molecule has 1 amide bonds. The quantitative estimate of drug-likeness (QED) is 0.240. The van der Waals surface area contributed by atoms with Crippen LogP contribution in [0, 0.1) is 11.7 Å². The van der Waals surface area contributed by atoms with Crippen LogP contribution in [0.25, 0.3) is 11.1 Å². The van der Waals surface area contributed by atoms with Gasteiger partial charge in [-0.15, -0.1) is 0 Å². The van der Waals surface area contributed by atoms with E-state index in [1.54, 1.807) is 23.1 Å². The number of hydrogen-bond donors (Lipinski definition) is 3. The molecule has 4 aromatic rings. The number of nitrogens with zero attached hydrogens (tertiary/aromatic N) is 1. The van der Waals surface area contributed by atoms with Crippen LogP contribution >= 0.6 is 0 Å². The Morgan fingerprint density at radius 3 is 2.24 bits per heavy atom. The molecule has 0 spiro atoms. The van der Waals surface area contributed by atoms with Crippen LogP contribution in [0.3, 0.4) is 0 Å². The average molecular weight is 512 g/mol. The van der Waals surface area contributed by atoms with E-state index < -0.39 is 12.1 Å². The molecule has 5 nitrogen and oxygen atoms in total. The fourth-order valence-electron chi connectivity index (χ4n) is 5.41. The maximum absolute atomic E-state index is 13.4. The normalized spacial score (nSPS) is 18.1. The maximum atomic E-state index is 13.4. The summed E-state index contributed by atoms with van der Waals surface area (Å²) >= 11 is 0. The molecule has 3 atom stereocenters. The number of aliphatic hydroxyl groups excluding tert-OH is 1. The Bertz CT molecular complexity index is 1390. The summed E-state index contributed by atoms with van der Waals surface area (Å²) in [6.07, 6.45) is 1.34. The number of phenols is 2. The molecule has 1 fully saturated rings. The van der Waals surface area contributed by atoms with Crippen LogP contribution in [0.5, 0.6) is 11.5 Å². The predicted octanol–water partition coefficient (Wildman–Crippen LogP) is 6.90. The Balaban J connectivity index is 1.38. The highest BCUT2D eigenvalue weighted by Crippen LogP contribution is 2.47. The largest absolute Gasteiger partial charge is 0.508 e. The smallest absolute Gasteiger partial charge is 0.227 e. The highest BCUT2D eigenvalue weighted by Gasteiger charge is 2.42. The highest BCUT2D eigenvalue weighted by atomic mass is 19.1. The Labute approximate surface area is 221 Å². The molecule has 1 heterocycles. The van der Waals surface area contributed by atoms with Crippen molar-refractivity contribution in [3.8, 4) is 22.6 Å². The van der Waals surface area contributed by atoms with Gasteiger partial charge in [-0.25, -0.2) is 4.39 Å². The summed E-state index contributed by atoms with van der Waals surface area (Å²) in [5, 5.41) is 31.2. The molecule has 3 N–H and O–H groups in total. The molecule has 1 aliphatic heterocycles. The van der Waals surface area contributed by atoms with E-state index in [4.69, 9.17) is 0 Å². The van der Waals surface area contributed by atoms with Gasteiger partial charge in [0.2, 0.25) is 5.91 Å². The molecular formula is C32H30FNO4. The maximum Gasteiger partial charge on any atom is 0.227 e. The Hall–Kier alpha value is -4.16. The minimum absolute atomic E-state index is 0.0426. The molecule has 194 valence electrons. The number of hydrogen-bond acceptors (Lipinski definition) is 4. The molecule has 0 saturated carbocycles. The summed E-state index contributed by atoms with van der Waals surface area (Å²) in [5.41, 5.74) is 4.08. The third kappa shape index (κ3) is 5.41. The van der Waals surface area contributed by atoms with E-state index in [-0.39, 0.29) is 29.1 Å². The fourth-order valence-corrected chi connectivity index (χ4v) is 5.41. The standard InChI is InChI=1S/C32H30FNO4/c33-25-13-9-23(10-14-25)29(36)8-4-7-24-19-31(38)34(32(24)28-18-17-27(35)20-30(28)37)26-15-11-22(12-16-26)21-5-2-1-3-6-21/h1-3,5-6,9-18,20,24,29,32,35-37H,4,7-8,19H2/t24-,29-,32+/m1/s1. The molecule has 1 saturated heterocycles. The lowest BCUT2D eigenvalue weighted by Gasteiger charge is -2.30. The number of carbonyl (C=O) groups excluding carboxylic acids is 1. The number of aromatic hydroxyl groups is 2. The predicted molar refractivity (Wildman–Crippen MR) is 145 cm³/mol. The van der Waals surface area contributed by atoms with E-state index in [0.717, 1.165) is 16.8 Å². The van der Waals surface area contributed by atoms with Gasteiger partial charge in [-0.3, -0.25) is 4.79 Å². The van der Waals surface area contributed by atoms with E-state index in [2.05, 4.69) is 0 Å². The second-order valence-corrected chi connectivity index (χ2v) is 9.83. The number of halogens is 1. The zero-order chi connectivity index (χ0) is 26.6. The number of phenolic OH excluding ortho intramolecular Hbond substituents is 2. The summed E-state index contributed by atoms with van der Waals surface area (Å²) in [7, 11) is 0. The van der Waals surface area contributed by atoms with Crippen molar-refractivity contribution in [3.05, 3.63) is 114 Å². The van der Waals surface area contributed by atoms with Gasteiger partial charge >= 0.3 is 0 Å². The molecule has 0 aliphatic carbocycles. The van der Waals surface area contributed by atoms with Gasteiger partial charge in [-0.2, -0.15) is 0 Å². The van der Waals surface area contributed by atoms with Crippen molar-refractivity contribution in [1.29, 1.82) is 0 Å². The topological polar surface area (TPSA) is 81.0 Å². The van der Waals surface area contributed by atoms with Crippen LogP contribution in [0.4, 0.5) is 10.1 Å². The lowest BCUT2D eigenvalue weighted by molar-refractivity contribution is -0.117. The minimum Gasteiger partial charge on any atom is -0.508 e. The lowest BCUT2D eigenvalue weighted by Crippen LogP contribution is -2.28. The number of carbonyl (C=O) groups is 1. The van der Waals surface area contributed by atoms with Gasteiger partial charge in [-0.1, -0.05) is 61.0 Å². The van der Waals surface area contributed by atoms with Gasteiger partial charge < -0.3 is 20.2 Å². The number of benzene rings is 4. The van der Waals surface area contributed by atoms with Gasteiger partial charge in [0.25, 0.3) is 0 Å². The molecule has 0 unspecified atom stereocenters. The van der Waals surface area contributed by atoms with Crippen LogP contribution in [-0.4, -0.2) is 21.2 Å². The van der Waals surface area contributed by atoms with Crippen molar-refractivity contribution < 1.29 is 24.5 Å². The second kappa shape index (κ2) is 11.1. The van der Waals surface area contributed by atoms with Gasteiger partial charge in [0.05, 0.1) is 12.1 Å². The van der Waals surface area contributed by atoms with Gasteiger partial charge in [0.15, 0.2) is 0 Å². The van der Waals surface area contributed by atoms with Gasteiger partial charge in [0, 0.05) is 23.7 Å². The van der Waals surface area contributed by atoms with Crippen molar-refractivity contribution in [1.82, 2.24) is 0 Å². The van der Waals surface area contributed by atoms with Crippen LogP contribution in [0.15, 0.2) is 97.1 Å².